The lowest BCUT2D eigenvalue weighted by atomic mass is 10.1. The Morgan fingerprint density at radius 3 is 2.73 bits per heavy atom. The van der Waals surface area contributed by atoms with Crippen molar-refractivity contribution in [1.29, 1.82) is 0 Å². The van der Waals surface area contributed by atoms with Crippen LogP contribution in [-0.2, 0) is 10.5 Å². The lowest BCUT2D eigenvalue weighted by Crippen LogP contribution is -2.42. The van der Waals surface area contributed by atoms with Crippen LogP contribution in [0.4, 0.5) is 0 Å². The van der Waals surface area contributed by atoms with Crippen LogP contribution in [0.2, 0.25) is 0 Å². The molecule has 2 N–H and O–H groups in total. The van der Waals surface area contributed by atoms with Gasteiger partial charge in [-0.05, 0) is 35.9 Å². The Morgan fingerprint density at radius 1 is 1.03 bits per heavy atom. The number of hydrogen-bond donors (Lipinski definition) is 2. The van der Waals surface area contributed by atoms with Crippen molar-refractivity contribution in [2.24, 2.45) is 0 Å². The van der Waals surface area contributed by atoms with Crippen molar-refractivity contribution in [3.63, 3.8) is 0 Å². The van der Waals surface area contributed by atoms with Crippen molar-refractivity contribution in [2.75, 3.05) is 5.75 Å². The number of furan rings is 1. The molecule has 4 aromatic rings. The molecule has 0 atom stereocenters. The standard InChI is InChI=1S/C22H18N4O3S/c27-21(14-30-13-15-5-3-9-23-12-15)25-26-22(28)17-11-19(20-8-4-10-29-20)24-18-7-2-1-6-16(17)18/h1-12H,13-14H2,(H,25,27)(H,26,28). The largest absolute Gasteiger partial charge is 0.463 e. The molecule has 30 heavy (non-hydrogen) atoms. The summed E-state index contributed by atoms with van der Waals surface area (Å²) in [5, 5.41) is 0.686. The van der Waals surface area contributed by atoms with Crippen molar-refractivity contribution >= 4 is 34.5 Å². The number of hydrogen-bond acceptors (Lipinski definition) is 6. The van der Waals surface area contributed by atoms with E-state index in [1.807, 2.05) is 36.4 Å². The number of aromatic nitrogens is 2. The molecule has 3 aromatic heterocycles. The third-order valence-electron chi connectivity index (χ3n) is 4.27. The van der Waals surface area contributed by atoms with Gasteiger partial charge in [0, 0.05) is 23.5 Å². The Bertz CT molecular complexity index is 1160. The number of para-hydroxylation sites is 1. The van der Waals surface area contributed by atoms with Gasteiger partial charge in [-0.25, -0.2) is 4.98 Å². The molecule has 8 heteroatoms. The molecule has 1 aromatic carbocycles. The highest BCUT2D eigenvalue weighted by atomic mass is 32.2. The van der Waals surface area contributed by atoms with E-state index in [0.717, 1.165) is 5.56 Å². The van der Waals surface area contributed by atoms with Crippen LogP contribution in [-0.4, -0.2) is 27.5 Å². The van der Waals surface area contributed by atoms with Gasteiger partial charge in [0.25, 0.3) is 5.91 Å². The maximum atomic E-state index is 12.8. The molecule has 0 saturated carbocycles. The SMILES string of the molecule is O=C(CSCc1cccnc1)NNC(=O)c1cc(-c2ccco2)nc2ccccc12. The minimum Gasteiger partial charge on any atom is -0.463 e. The molecule has 0 saturated heterocycles. The van der Waals surface area contributed by atoms with Gasteiger partial charge in [-0.1, -0.05) is 24.3 Å². The van der Waals surface area contributed by atoms with Crippen molar-refractivity contribution in [3.05, 3.63) is 84.4 Å². The average molecular weight is 418 g/mol. The lowest BCUT2D eigenvalue weighted by Gasteiger charge is -2.10. The molecule has 3 heterocycles. The monoisotopic (exact) mass is 418 g/mol. The zero-order chi connectivity index (χ0) is 20.8. The fraction of sp³-hybridized carbons (Fsp3) is 0.0909. The second kappa shape index (κ2) is 9.23. The number of carbonyl (C=O) groups excluding carboxylic acids is 2. The predicted octanol–water partition coefficient (Wildman–Crippen LogP) is 3.58. The zero-order valence-corrected chi connectivity index (χ0v) is 16.7. The molecule has 4 rings (SSSR count). The quantitative estimate of drug-likeness (QED) is 0.465. The van der Waals surface area contributed by atoms with E-state index in [9.17, 15) is 9.59 Å². The predicted molar refractivity (Wildman–Crippen MR) is 115 cm³/mol. The summed E-state index contributed by atoms with van der Waals surface area (Å²) >= 11 is 1.44. The molecule has 0 aliphatic carbocycles. The smallest absolute Gasteiger partial charge is 0.270 e. The third kappa shape index (κ3) is 4.66. The second-order valence-electron chi connectivity index (χ2n) is 6.41. The first kappa shape index (κ1) is 19.7. The van der Waals surface area contributed by atoms with Gasteiger partial charge in [0.2, 0.25) is 5.91 Å². The van der Waals surface area contributed by atoms with E-state index in [-0.39, 0.29) is 11.7 Å². The van der Waals surface area contributed by atoms with Crippen LogP contribution in [0.15, 0.2) is 77.7 Å². The Balaban J connectivity index is 1.42. The van der Waals surface area contributed by atoms with E-state index >= 15 is 0 Å². The van der Waals surface area contributed by atoms with Crippen molar-refractivity contribution in [3.8, 4) is 11.5 Å². The number of thioether (sulfide) groups is 1. The van der Waals surface area contributed by atoms with Crippen LogP contribution in [0.5, 0.6) is 0 Å². The molecule has 7 nitrogen and oxygen atoms in total. The van der Waals surface area contributed by atoms with E-state index in [2.05, 4.69) is 20.8 Å². The molecule has 0 aliphatic heterocycles. The first-order valence-corrected chi connectivity index (χ1v) is 10.4. The number of amides is 2. The van der Waals surface area contributed by atoms with Crippen LogP contribution in [0.25, 0.3) is 22.4 Å². The molecular formula is C22H18N4O3S. The van der Waals surface area contributed by atoms with Gasteiger partial charge >= 0.3 is 0 Å². The summed E-state index contributed by atoms with van der Waals surface area (Å²) < 4.78 is 5.41. The Kier molecular flexibility index (Phi) is 6.05. The molecular weight excluding hydrogens is 400 g/mol. The molecule has 0 bridgehead atoms. The van der Waals surface area contributed by atoms with E-state index in [4.69, 9.17) is 4.42 Å². The topological polar surface area (TPSA) is 97.1 Å². The second-order valence-corrected chi connectivity index (χ2v) is 7.39. The summed E-state index contributed by atoms with van der Waals surface area (Å²) in [6.07, 6.45) is 5.02. The fourth-order valence-electron chi connectivity index (χ4n) is 2.89. The first-order chi connectivity index (χ1) is 14.7. The van der Waals surface area contributed by atoms with Crippen molar-refractivity contribution < 1.29 is 14.0 Å². The highest BCUT2D eigenvalue weighted by molar-refractivity contribution is 7.99. The van der Waals surface area contributed by atoms with E-state index in [0.29, 0.717) is 33.7 Å². The normalized spacial score (nSPS) is 10.7. The Hall–Kier alpha value is -3.65. The van der Waals surface area contributed by atoms with E-state index < -0.39 is 5.91 Å². The fourth-order valence-corrected chi connectivity index (χ4v) is 3.65. The van der Waals surface area contributed by atoms with E-state index in [1.54, 1.807) is 36.9 Å². The minimum atomic E-state index is -0.424. The number of nitrogens with one attached hydrogen (secondary N) is 2. The van der Waals surface area contributed by atoms with Crippen LogP contribution >= 0.6 is 11.8 Å². The molecule has 0 radical (unpaired) electrons. The van der Waals surface area contributed by atoms with Gasteiger partial charge < -0.3 is 4.42 Å². The Labute approximate surface area is 176 Å². The van der Waals surface area contributed by atoms with Gasteiger partial charge in [0.05, 0.1) is 23.1 Å². The summed E-state index contributed by atoms with van der Waals surface area (Å²) in [7, 11) is 0. The zero-order valence-electron chi connectivity index (χ0n) is 15.9. The maximum absolute atomic E-state index is 12.8. The number of benzene rings is 1. The summed E-state index contributed by atoms with van der Waals surface area (Å²) in [6, 6.07) is 16.3. The Morgan fingerprint density at radius 2 is 1.93 bits per heavy atom. The lowest BCUT2D eigenvalue weighted by molar-refractivity contribution is -0.119. The maximum Gasteiger partial charge on any atom is 0.270 e. The number of carbonyl (C=O) groups is 2. The van der Waals surface area contributed by atoms with Crippen LogP contribution in [0.1, 0.15) is 15.9 Å². The highest BCUT2D eigenvalue weighted by Crippen LogP contribution is 2.25. The average Bonchev–Trinajstić information content (AvgIpc) is 3.32. The van der Waals surface area contributed by atoms with E-state index in [1.165, 1.54) is 11.8 Å². The number of rotatable bonds is 6. The van der Waals surface area contributed by atoms with Gasteiger partial charge in [0.1, 0.15) is 5.69 Å². The van der Waals surface area contributed by atoms with Crippen LogP contribution in [0, 0.1) is 0 Å². The molecule has 0 spiro atoms. The number of pyridine rings is 2. The van der Waals surface area contributed by atoms with Gasteiger partial charge in [0.15, 0.2) is 5.76 Å². The summed E-state index contributed by atoms with van der Waals surface area (Å²) in [5.74, 6) is 0.722. The van der Waals surface area contributed by atoms with Crippen LogP contribution < -0.4 is 10.9 Å². The highest BCUT2D eigenvalue weighted by Gasteiger charge is 2.15. The molecule has 0 fully saturated rings. The van der Waals surface area contributed by atoms with Crippen molar-refractivity contribution in [2.45, 2.75) is 5.75 Å². The van der Waals surface area contributed by atoms with Gasteiger partial charge in [-0.2, -0.15) is 0 Å². The molecule has 150 valence electrons. The van der Waals surface area contributed by atoms with Crippen molar-refractivity contribution in [1.82, 2.24) is 20.8 Å². The summed E-state index contributed by atoms with van der Waals surface area (Å²) in [4.78, 5) is 33.5. The molecule has 0 unspecified atom stereocenters. The summed E-state index contributed by atoms with van der Waals surface area (Å²) in [5.41, 5.74) is 7.60. The molecule has 2 amide bonds. The number of nitrogens with zero attached hydrogens (tertiary/aromatic N) is 2. The third-order valence-corrected chi connectivity index (χ3v) is 5.28. The van der Waals surface area contributed by atoms with Gasteiger partial charge in [-0.15, -0.1) is 11.8 Å². The number of hydrazine groups is 1. The number of fused-ring (bicyclic) bond motifs is 1. The summed E-state index contributed by atoms with van der Waals surface area (Å²) in [6.45, 7) is 0. The molecule has 0 aliphatic rings. The first-order valence-electron chi connectivity index (χ1n) is 9.20. The van der Waals surface area contributed by atoms with Crippen LogP contribution in [0.3, 0.4) is 0 Å². The van der Waals surface area contributed by atoms with Gasteiger partial charge in [-0.3, -0.25) is 25.4 Å². The minimum absolute atomic E-state index is 0.212.